The molecule has 1 aromatic rings. The first-order valence-electron chi connectivity index (χ1n) is 3.07. The highest BCUT2D eigenvalue weighted by Gasteiger charge is 2.33. The van der Waals surface area contributed by atoms with Gasteiger partial charge in [0.15, 0.2) is 0 Å². The summed E-state index contributed by atoms with van der Waals surface area (Å²) < 4.78 is 51.1. The van der Waals surface area contributed by atoms with Gasteiger partial charge in [0.25, 0.3) is 5.88 Å². The second kappa shape index (κ2) is 3.78. The predicted octanol–water partition coefficient (Wildman–Crippen LogP) is 3.43. The van der Waals surface area contributed by atoms with Gasteiger partial charge in [-0.1, -0.05) is 23.2 Å². The van der Waals surface area contributed by atoms with Gasteiger partial charge in [0, 0.05) is 0 Å². The number of hydrogen-bond acceptors (Lipinski definition) is 2. The zero-order valence-electron chi connectivity index (χ0n) is 6.20. The van der Waals surface area contributed by atoms with Gasteiger partial charge in [0.05, 0.1) is 5.02 Å². The Morgan fingerprint density at radius 3 is 2.36 bits per heavy atom. The van der Waals surface area contributed by atoms with E-state index in [1.54, 1.807) is 0 Å². The van der Waals surface area contributed by atoms with Gasteiger partial charge >= 0.3 is 6.36 Å². The molecule has 8 heteroatoms. The predicted molar refractivity (Wildman–Crippen MR) is 40.9 cm³/mol. The first kappa shape index (κ1) is 11.3. The van der Waals surface area contributed by atoms with Crippen molar-refractivity contribution in [1.82, 2.24) is 4.98 Å². The Labute approximate surface area is 85.4 Å². The van der Waals surface area contributed by atoms with Crippen molar-refractivity contribution < 1.29 is 22.3 Å². The molecule has 0 atom stereocenters. The molecule has 0 saturated carbocycles. The Balaban J connectivity index is 3.09. The van der Waals surface area contributed by atoms with Crippen LogP contribution in [0.15, 0.2) is 6.07 Å². The molecule has 0 aliphatic rings. The van der Waals surface area contributed by atoms with Crippen molar-refractivity contribution in [1.29, 1.82) is 0 Å². The molecule has 1 rings (SSSR count). The second-order valence-electron chi connectivity index (χ2n) is 2.09. The molecule has 1 aromatic heterocycles. The van der Waals surface area contributed by atoms with Crippen molar-refractivity contribution in [2.24, 2.45) is 0 Å². The number of pyridine rings is 1. The van der Waals surface area contributed by atoms with Crippen LogP contribution in [0.3, 0.4) is 0 Å². The van der Waals surface area contributed by atoms with Crippen LogP contribution in [-0.4, -0.2) is 11.3 Å². The van der Waals surface area contributed by atoms with Crippen LogP contribution in [0.5, 0.6) is 5.88 Å². The average Bonchev–Trinajstić information content (AvgIpc) is 1.96. The molecule has 0 aliphatic heterocycles. The number of hydrogen-bond donors (Lipinski definition) is 0. The molecule has 0 radical (unpaired) electrons. The topological polar surface area (TPSA) is 22.1 Å². The third-order valence-corrected chi connectivity index (χ3v) is 1.53. The third kappa shape index (κ3) is 2.88. The molecule has 0 bridgehead atoms. The maximum atomic E-state index is 12.8. The molecule has 0 spiro atoms. The summed E-state index contributed by atoms with van der Waals surface area (Å²) in [5.74, 6) is -2.71. The smallest absolute Gasteiger partial charge is 0.385 e. The molecule has 0 fully saturated rings. The highest BCUT2D eigenvalue weighted by atomic mass is 35.5. The van der Waals surface area contributed by atoms with E-state index in [1.807, 2.05) is 0 Å². The molecular weight excluding hydrogens is 249 g/mol. The fourth-order valence-corrected chi connectivity index (χ4v) is 1.05. The number of ether oxygens (including phenoxy) is 1. The molecule has 0 unspecified atom stereocenters. The number of aromatic nitrogens is 1. The largest absolute Gasteiger partial charge is 0.574 e. The highest BCUT2D eigenvalue weighted by Crippen LogP contribution is 2.29. The standard InChI is InChI=1S/C6HCl2F4NO/c7-2-1-3(8)13-5(4(2)9)14-6(10,11)12/h1H. The first-order chi connectivity index (χ1) is 6.29. The van der Waals surface area contributed by atoms with E-state index >= 15 is 0 Å². The van der Waals surface area contributed by atoms with Gasteiger partial charge in [0.1, 0.15) is 5.15 Å². The van der Waals surface area contributed by atoms with Crippen molar-refractivity contribution >= 4 is 23.2 Å². The van der Waals surface area contributed by atoms with Crippen LogP contribution < -0.4 is 4.74 Å². The van der Waals surface area contributed by atoms with Crippen LogP contribution in [0, 0.1) is 5.82 Å². The number of rotatable bonds is 1. The third-order valence-electron chi connectivity index (χ3n) is 1.06. The lowest BCUT2D eigenvalue weighted by Crippen LogP contribution is -2.19. The molecule has 0 aliphatic carbocycles. The van der Waals surface area contributed by atoms with Crippen LogP contribution in [0.1, 0.15) is 0 Å². The minimum atomic E-state index is -5.04. The molecule has 0 amide bonds. The highest BCUT2D eigenvalue weighted by molar-refractivity contribution is 6.34. The summed E-state index contributed by atoms with van der Waals surface area (Å²) in [4.78, 5) is 2.98. The van der Waals surface area contributed by atoms with E-state index in [0.29, 0.717) is 0 Å². The molecule has 1 heterocycles. The van der Waals surface area contributed by atoms with E-state index in [4.69, 9.17) is 23.2 Å². The van der Waals surface area contributed by atoms with Crippen molar-refractivity contribution in [2.75, 3.05) is 0 Å². The Morgan fingerprint density at radius 2 is 1.86 bits per heavy atom. The molecule has 2 nitrogen and oxygen atoms in total. The molecule has 14 heavy (non-hydrogen) atoms. The number of alkyl halides is 3. The van der Waals surface area contributed by atoms with Crippen LogP contribution in [0.2, 0.25) is 10.2 Å². The van der Waals surface area contributed by atoms with Crippen LogP contribution in [-0.2, 0) is 0 Å². The van der Waals surface area contributed by atoms with E-state index in [9.17, 15) is 17.6 Å². The zero-order chi connectivity index (χ0) is 10.9. The van der Waals surface area contributed by atoms with E-state index in [-0.39, 0.29) is 0 Å². The summed E-state index contributed by atoms with van der Waals surface area (Å²) >= 11 is 10.4. The normalized spacial score (nSPS) is 11.6. The number of nitrogens with zero attached hydrogens (tertiary/aromatic N) is 1. The van der Waals surface area contributed by atoms with Crippen molar-refractivity contribution in [3.63, 3.8) is 0 Å². The zero-order valence-corrected chi connectivity index (χ0v) is 7.71. The summed E-state index contributed by atoms with van der Waals surface area (Å²) in [7, 11) is 0. The van der Waals surface area contributed by atoms with Gasteiger partial charge in [-0.3, -0.25) is 0 Å². The summed E-state index contributed by atoms with van der Waals surface area (Å²) in [5, 5.41) is -0.986. The van der Waals surface area contributed by atoms with Gasteiger partial charge < -0.3 is 4.74 Å². The summed E-state index contributed by atoms with van der Waals surface area (Å²) in [6.07, 6.45) is -5.04. The quantitative estimate of drug-likeness (QED) is 0.562. The van der Waals surface area contributed by atoms with Crippen molar-refractivity contribution in [3.8, 4) is 5.88 Å². The molecule has 0 aromatic carbocycles. The van der Waals surface area contributed by atoms with Crippen LogP contribution in [0.4, 0.5) is 17.6 Å². The van der Waals surface area contributed by atoms with Crippen molar-refractivity contribution in [3.05, 3.63) is 22.1 Å². The number of halogens is 6. The molecule has 78 valence electrons. The lowest BCUT2D eigenvalue weighted by atomic mass is 10.4. The van der Waals surface area contributed by atoms with Gasteiger partial charge in [-0.25, -0.2) is 0 Å². The van der Waals surface area contributed by atoms with E-state index < -0.39 is 28.2 Å². The van der Waals surface area contributed by atoms with Crippen LogP contribution in [0.25, 0.3) is 0 Å². The first-order valence-corrected chi connectivity index (χ1v) is 3.82. The fourth-order valence-electron chi connectivity index (χ4n) is 0.626. The second-order valence-corrected chi connectivity index (χ2v) is 2.89. The monoisotopic (exact) mass is 249 g/mol. The SMILES string of the molecule is Fc1c(Cl)cc(Cl)nc1OC(F)(F)F. The Morgan fingerprint density at radius 1 is 1.29 bits per heavy atom. The van der Waals surface area contributed by atoms with E-state index in [0.717, 1.165) is 6.07 Å². The lowest BCUT2D eigenvalue weighted by molar-refractivity contribution is -0.277. The lowest BCUT2D eigenvalue weighted by Gasteiger charge is -2.09. The maximum Gasteiger partial charge on any atom is 0.574 e. The van der Waals surface area contributed by atoms with Gasteiger partial charge in [-0.05, 0) is 6.07 Å². The fraction of sp³-hybridized carbons (Fsp3) is 0.167. The summed E-state index contributed by atoms with van der Waals surface area (Å²) in [6.45, 7) is 0. The van der Waals surface area contributed by atoms with Gasteiger partial charge in [0.2, 0.25) is 5.82 Å². The minimum Gasteiger partial charge on any atom is -0.385 e. The van der Waals surface area contributed by atoms with E-state index in [1.165, 1.54) is 0 Å². The Hall–Kier alpha value is -0.750. The van der Waals surface area contributed by atoms with Gasteiger partial charge in [-0.2, -0.15) is 9.37 Å². The van der Waals surface area contributed by atoms with Crippen molar-refractivity contribution in [2.45, 2.75) is 6.36 Å². The Bertz CT molecular complexity index is 354. The Kier molecular flexibility index (Phi) is 3.06. The van der Waals surface area contributed by atoms with Crippen LogP contribution >= 0.6 is 23.2 Å². The summed E-state index contributed by atoms with van der Waals surface area (Å²) in [5.41, 5.74) is 0. The maximum absolute atomic E-state index is 12.8. The summed E-state index contributed by atoms with van der Waals surface area (Å²) in [6, 6.07) is 0.863. The molecular formula is C6HCl2F4NO. The van der Waals surface area contributed by atoms with Gasteiger partial charge in [-0.15, -0.1) is 13.2 Å². The minimum absolute atomic E-state index is 0.393. The molecule has 0 saturated heterocycles. The average molecular weight is 250 g/mol. The van der Waals surface area contributed by atoms with E-state index in [2.05, 4.69) is 9.72 Å². The molecule has 0 N–H and O–H groups in total.